The summed E-state index contributed by atoms with van der Waals surface area (Å²) in [5.74, 6) is 0.126. The minimum atomic E-state index is 0. The Balaban J connectivity index is 0.00000289. The van der Waals surface area contributed by atoms with E-state index in [0.717, 1.165) is 10.9 Å². The first kappa shape index (κ1) is 17.4. The molecule has 0 saturated heterocycles. The number of halogens is 2. The van der Waals surface area contributed by atoms with Gasteiger partial charge in [-0.15, -0.1) is 12.4 Å². The Morgan fingerprint density at radius 2 is 1.94 bits per heavy atom. The topological polar surface area (TPSA) is 41.1 Å². The molecule has 0 spiro atoms. The van der Waals surface area contributed by atoms with E-state index in [4.69, 9.17) is 0 Å². The van der Waals surface area contributed by atoms with E-state index in [9.17, 15) is 4.79 Å². The molecule has 0 aromatic heterocycles. The summed E-state index contributed by atoms with van der Waals surface area (Å²) in [5, 5.41) is 5.94. The Labute approximate surface area is 123 Å². The van der Waals surface area contributed by atoms with Gasteiger partial charge < -0.3 is 10.6 Å². The van der Waals surface area contributed by atoms with Crippen LogP contribution in [0.2, 0.25) is 0 Å². The predicted octanol–water partition coefficient (Wildman–Crippen LogP) is 2.39. The van der Waals surface area contributed by atoms with Crippen molar-refractivity contribution >= 4 is 34.2 Å². The van der Waals surface area contributed by atoms with Crippen LogP contribution in [0.15, 0.2) is 28.7 Å². The van der Waals surface area contributed by atoms with Crippen LogP contribution >= 0.6 is 28.3 Å². The summed E-state index contributed by atoms with van der Waals surface area (Å²) < 4.78 is 1.08. The number of nitrogens with one attached hydrogen (secondary N) is 2. The Morgan fingerprint density at radius 3 is 2.50 bits per heavy atom. The number of carbonyl (C=O) groups excluding carboxylic acids is 1. The van der Waals surface area contributed by atoms with E-state index in [1.165, 1.54) is 5.56 Å². The normalized spacial score (nSPS) is 11.5. The fraction of sp³-hybridized carbons (Fsp3) is 0.462. The molecule has 5 heteroatoms. The summed E-state index contributed by atoms with van der Waals surface area (Å²) >= 11 is 3.40. The third kappa shape index (κ3) is 6.38. The van der Waals surface area contributed by atoms with E-state index in [1.807, 2.05) is 26.1 Å². The van der Waals surface area contributed by atoms with Crippen LogP contribution < -0.4 is 10.6 Å². The molecule has 0 heterocycles. The lowest BCUT2D eigenvalue weighted by Gasteiger charge is -2.11. The van der Waals surface area contributed by atoms with Crippen LogP contribution in [0.3, 0.4) is 0 Å². The second kappa shape index (κ2) is 9.36. The number of benzene rings is 1. The first-order chi connectivity index (χ1) is 8.13. The van der Waals surface area contributed by atoms with Crippen LogP contribution in [0, 0.1) is 5.92 Å². The second-order valence-electron chi connectivity index (χ2n) is 4.13. The number of rotatable bonds is 6. The lowest BCUT2D eigenvalue weighted by atomic mass is 10.1. The third-order valence-electron chi connectivity index (χ3n) is 2.58. The molecule has 1 unspecified atom stereocenters. The molecule has 2 N–H and O–H groups in total. The first-order valence-electron chi connectivity index (χ1n) is 5.80. The van der Waals surface area contributed by atoms with Gasteiger partial charge in [-0.1, -0.05) is 35.0 Å². The quantitative estimate of drug-likeness (QED) is 0.838. The molecule has 0 aliphatic rings. The molecule has 0 bridgehead atoms. The van der Waals surface area contributed by atoms with Crippen LogP contribution in [0.1, 0.15) is 12.5 Å². The third-order valence-corrected chi connectivity index (χ3v) is 3.11. The Hall–Kier alpha value is -0.580. The molecule has 1 amide bonds. The van der Waals surface area contributed by atoms with E-state index >= 15 is 0 Å². The van der Waals surface area contributed by atoms with Gasteiger partial charge in [0.05, 0.1) is 0 Å². The Kier molecular flexibility index (Phi) is 9.06. The van der Waals surface area contributed by atoms with Crippen molar-refractivity contribution in [2.24, 2.45) is 5.92 Å². The molecule has 1 aromatic rings. The van der Waals surface area contributed by atoms with Crippen molar-refractivity contribution in [1.82, 2.24) is 10.6 Å². The van der Waals surface area contributed by atoms with Crippen molar-refractivity contribution in [3.8, 4) is 0 Å². The van der Waals surface area contributed by atoms with Gasteiger partial charge >= 0.3 is 0 Å². The zero-order valence-corrected chi connectivity index (χ0v) is 13.1. The second-order valence-corrected chi connectivity index (χ2v) is 5.04. The molecule has 0 radical (unpaired) electrons. The molecular weight excluding hydrogens is 316 g/mol. The first-order valence-corrected chi connectivity index (χ1v) is 6.59. The minimum Gasteiger partial charge on any atom is -0.355 e. The molecular formula is C13H20BrClN2O. The molecule has 0 saturated carbocycles. The molecule has 0 aliphatic heterocycles. The van der Waals surface area contributed by atoms with E-state index in [-0.39, 0.29) is 24.2 Å². The molecule has 1 aromatic carbocycles. The molecule has 18 heavy (non-hydrogen) atoms. The summed E-state index contributed by atoms with van der Waals surface area (Å²) in [6.45, 7) is 3.32. The fourth-order valence-corrected chi connectivity index (χ4v) is 1.82. The highest BCUT2D eigenvalue weighted by Crippen LogP contribution is 2.10. The van der Waals surface area contributed by atoms with Gasteiger partial charge in [0, 0.05) is 23.5 Å². The highest BCUT2D eigenvalue weighted by molar-refractivity contribution is 9.10. The van der Waals surface area contributed by atoms with Gasteiger partial charge in [0.25, 0.3) is 0 Å². The summed E-state index contributed by atoms with van der Waals surface area (Å²) in [6.07, 6.45) is 0.866. The van der Waals surface area contributed by atoms with Crippen molar-refractivity contribution in [3.63, 3.8) is 0 Å². The van der Waals surface area contributed by atoms with E-state index in [0.29, 0.717) is 13.1 Å². The van der Waals surface area contributed by atoms with Gasteiger partial charge in [-0.25, -0.2) is 0 Å². The smallest absolute Gasteiger partial charge is 0.224 e. The lowest BCUT2D eigenvalue weighted by Crippen LogP contribution is -2.35. The van der Waals surface area contributed by atoms with Gasteiger partial charge in [0.2, 0.25) is 5.91 Å². The molecule has 1 rings (SSSR count). The molecule has 0 aliphatic carbocycles. The van der Waals surface area contributed by atoms with Crippen LogP contribution in [-0.4, -0.2) is 26.0 Å². The standard InChI is InChI=1S/C13H19BrN2O.ClH/c1-10(9-15-2)13(17)16-8-7-11-3-5-12(14)6-4-11;/h3-6,10,15H,7-9H2,1-2H3,(H,16,17);1H. The number of hydrogen-bond donors (Lipinski definition) is 2. The van der Waals surface area contributed by atoms with Crippen LogP contribution in [0.25, 0.3) is 0 Å². The van der Waals surface area contributed by atoms with Gasteiger partial charge in [0.1, 0.15) is 0 Å². The summed E-state index contributed by atoms with van der Waals surface area (Å²) in [6, 6.07) is 8.15. The van der Waals surface area contributed by atoms with E-state index in [1.54, 1.807) is 0 Å². The summed E-state index contributed by atoms with van der Waals surface area (Å²) in [5.41, 5.74) is 1.23. The van der Waals surface area contributed by atoms with Gasteiger partial charge in [-0.05, 0) is 31.2 Å². The van der Waals surface area contributed by atoms with Crippen LogP contribution in [0.5, 0.6) is 0 Å². The number of carbonyl (C=O) groups is 1. The zero-order valence-electron chi connectivity index (χ0n) is 10.7. The summed E-state index contributed by atoms with van der Waals surface area (Å²) in [7, 11) is 1.85. The van der Waals surface area contributed by atoms with Gasteiger partial charge in [0.15, 0.2) is 0 Å². The van der Waals surface area contributed by atoms with Crippen molar-refractivity contribution in [2.45, 2.75) is 13.3 Å². The van der Waals surface area contributed by atoms with Crippen molar-refractivity contribution in [2.75, 3.05) is 20.1 Å². The monoisotopic (exact) mass is 334 g/mol. The lowest BCUT2D eigenvalue weighted by molar-refractivity contribution is -0.124. The molecule has 1 atom stereocenters. The maximum atomic E-state index is 11.6. The van der Waals surface area contributed by atoms with E-state index < -0.39 is 0 Å². The fourth-order valence-electron chi connectivity index (χ4n) is 1.55. The molecule has 3 nitrogen and oxygen atoms in total. The van der Waals surface area contributed by atoms with Gasteiger partial charge in [-0.3, -0.25) is 4.79 Å². The minimum absolute atomic E-state index is 0. The van der Waals surface area contributed by atoms with Gasteiger partial charge in [-0.2, -0.15) is 0 Å². The van der Waals surface area contributed by atoms with Crippen molar-refractivity contribution in [3.05, 3.63) is 34.3 Å². The Morgan fingerprint density at radius 1 is 1.33 bits per heavy atom. The number of amides is 1. The maximum Gasteiger partial charge on any atom is 0.224 e. The maximum absolute atomic E-state index is 11.6. The van der Waals surface area contributed by atoms with Crippen LogP contribution in [-0.2, 0) is 11.2 Å². The van der Waals surface area contributed by atoms with Crippen molar-refractivity contribution in [1.29, 1.82) is 0 Å². The molecule has 0 fully saturated rings. The molecule has 102 valence electrons. The van der Waals surface area contributed by atoms with E-state index in [2.05, 4.69) is 38.7 Å². The average Bonchev–Trinajstić information content (AvgIpc) is 2.32. The zero-order chi connectivity index (χ0) is 12.7. The highest BCUT2D eigenvalue weighted by Gasteiger charge is 2.10. The SMILES string of the molecule is CNCC(C)C(=O)NCCc1ccc(Br)cc1.Cl. The van der Waals surface area contributed by atoms with Crippen molar-refractivity contribution < 1.29 is 4.79 Å². The highest BCUT2D eigenvalue weighted by atomic mass is 79.9. The largest absolute Gasteiger partial charge is 0.355 e. The predicted molar refractivity (Wildman–Crippen MR) is 81.2 cm³/mol. The Bertz CT molecular complexity index is 357. The van der Waals surface area contributed by atoms with Crippen LogP contribution in [0.4, 0.5) is 0 Å². The summed E-state index contributed by atoms with van der Waals surface area (Å²) in [4.78, 5) is 11.6. The average molecular weight is 336 g/mol. The number of hydrogen-bond acceptors (Lipinski definition) is 2.